The molecule has 2 aromatic rings. The van der Waals surface area contributed by atoms with Gasteiger partial charge in [-0.05, 0) is 65.4 Å². The van der Waals surface area contributed by atoms with E-state index in [2.05, 4.69) is 25.9 Å². The van der Waals surface area contributed by atoms with Crippen LogP contribution in [0.3, 0.4) is 0 Å². The number of carbonyl (C=O) groups is 5. The Morgan fingerprint density at radius 1 is 0.979 bits per heavy atom. The number of hydrogen-bond donors (Lipinski definition) is 4. The molecule has 1 aromatic carbocycles. The third-order valence-corrected chi connectivity index (χ3v) is 8.81. The first-order valence-corrected chi connectivity index (χ1v) is 16.8. The normalized spacial score (nSPS) is 18.4. The quantitative estimate of drug-likeness (QED) is 0.256. The van der Waals surface area contributed by atoms with Gasteiger partial charge in [-0.1, -0.05) is 62.4 Å². The fourth-order valence-electron chi connectivity index (χ4n) is 6.34. The number of nitrogens with zero attached hydrogens (tertiary/aromatic N) is 2. The van der Waals surface area contributed by atoms with Crippen molar-refractivity contribution < 1.29 is 33.4 Å². The SMILES string of the molecule is COC(=O)[C@@H]1CCCN1C(=O)C(c1ccccc1)c1nc(NC(=O)[C@@H](CC2CCCCC2)NC(=O)C(C)(C)NC(=O)OC(C)(C)C)c[nH]1. The Hall–Kier alpha value is -4.42. The van der Waals surface area contributed by atoms with Crippen LogP contribution in [0.25, 0.3) is 0 Å². The molecule has 2 fully saturated rings. The van der Waals surface area contributed by atoms with E-state index in [9.17, 15) is 24.0 Å². The van der Waals surface area contributed by atoms with E-state index in [-0.39, 0.29) is 17.6 Å². The van der Waals surface area contributed by atoms with Gasteiger partial charge in [-0.25, -0.2) is 14.6 Å². The minimum atomic E-state index is -1.37. The number of rotatable bonds is 11. The fraction of sp³-hybridized carbons (Fsp3) is 0.600. The van der Waals surface area contributed by atoms with Crippen LogP contribution in [0.1, 0.15) is 103 Å². The Morgan fingerprint density at radius 3 is 2.31 bits per heavy atom. The number of imidazole rings is 1. The third kappa shape index (κ3) is 9.57. The first-order chi connectivity index (χ1) is 22.7. The highest BCUT2D eigenvalue weighted by Crippen LogP contribution is 2.31. The van der Waals surface area contributed by atoms with Crippen molar-refractivity contribution in [1.29, 1.82) is 0 Å². The van der Waals surface area contributed by atoms with Gasteiger partial charge in [0.2, 0.25) is 17.7 Å². The molecule has 262 valence electrons. The molecule has 4 rings (SSSR count). The number of benzene rings is 1. The number of methoxy groups -OCH3 is 1. The number of H-pyrrole nitrogens is 1. The molecule has 0 radical (unpaired) electrons. The highest BCUT2D eigenvalue weighted by atomic mass is 16.6. The zero-order valence-electron chi connectivity index (χ0n) is 28.9. The number of esters is 1. The molecule has 1 saturated heterocycles. The van der Waals surface area contributed by atoms with Crippen molar-refractivity contribution in [2.45, 2.75) is 115 Å². The van der Waals surface area contributed by atoms with Crippen LogP contribution in [0.5, 0.6) is 0 Å². The second-order valence-electron chi connectivity index (χ2n) is 14.2. The molecule has 1 saturated carbocycles. The van der Waals surface area contributed by atoms with Gasteiger partial charge in [0.05, 0.1) is 7.11 Å². The van der Waals surface area contributed by atoms with Crippen LogP contribution in [0.4, 0.5) is 10.6 Å². The molecule has 48 heavy (non-hydrogen) atoms. The van der Waals surface area contributed by atoms with Crippen LogP contribution < -0.4 is 16.0 Å². The number of amides is 4. The van der Waals surface area contributed by atoms with E-state index in [1.807, 2.05) is 30.3 Å². The van der Waals surface area contributed by atoms with Gasteiger partial charge < -0.3 is 35.3 Å². The van der Waals surface area contributed by atoms with Crippen molar-refractivity contribution in [3.05, 3.63) is 47.9 Å². The molecule has 1 unspecified atom stereocenters. The molecule has 1 aliphatic heterocycles. The molecule has 13 heteroatoms. The maximum Gasteiger partial charge on any atom is 0.408 e. The highest BCUT2D eigenvalue weighted by molar-refractivity contribution is 5.99. The lowest BCUT2D eigenvalue weighted by Gasteiger charge is -2.31. The Labute approximate surface area is 282 Å². The zero-order valence-corrected chi connectivity index (χ0v) is 28.9. The van der Waals surface area contributed by atoms with Crippen molar-refractivity contribution in [2.24, 2.45) is 5.92 Å². The molecule has 13 nitrogen and oxygen atoms in total. The van der Waals surface area contributed by atoms with Crippen LogP contribution in [0.2, 0.25) is 0 Å². The molecule has 2 aliphatic rings. The molecular formula is C35H50N6O7. The molecule has 0 spiro atoms. The second-order valence-corrected chi connectivity index (χ2v) is 14.2. The van der Waals surface area contributed by atoms with E-state index in [4.69, 9.17) is 9.47 Å². The molecule has 0 bridgehead atoms. The first kappa shape index (κ1) is 36.4. The summed E-state index contributed by atoms with van der Waals surface area (Å²) in [5, 5.41) is 8.29. The average molecular weight is 667 g/mol. The van der Waals surface area contributed by atoms with E-state index in [1.165, 1.54) is 18.2 Å². The van der Waals surface area contributed by atoms with Gasteiger partial charge >= 0.3 is 12.1 Å². The van der Waals surface area contributed by atoms with Gasteiger partial charge in [-0.3, -0.25) is 14.4 Å². The lowest BCUT2D eigenvalue weighted by molar-refractivity contribution is -0.151. The number of alkyl carbamates (subject to hydrolysis) is 1. The van der Waals surface area contributed by atoms with Crippen molar-refractivity contribution in [3.8, 4) is 0 Å². The number of likely N-dealkylation sites (tertiary alicyclic amines) is 1. The topological polar surface area (TPSA) is 172 Å². The van der Waals surface area contributed by atoms with Crippen LogP contribution in [0, 0.1) is 5.92 Å². The maximum absolute atomic E-state index is 14.0. The van der Waals surface area contributed by atoms with Crippen molar-refractivity contribution in [2.75, 3.05) is 19.0 Å². The molecule has 1 aliphatic carbocycles. The highest BCUT2D eigenvalue weighted by Gasteiger charge is 2.40. The maximum atomic E-state index is 14.0. The Balaban J connectivity index is 1.54. The van der Waals surface area contributed by atoms with Gasteiger partial charge in [0.15, 0.2) is 5.82 Å². The summed E-state index contributed by atoms with van der Waals surface area (Å²) in [5.41, 5.74) is -1.44. The van der Waals surface area contributed by atoms with E-state index >= 15 is 0 Å². The summed E-state index contributed by atoms with van der Waals surface area (Å²) in [7, 11) is 1.31. The number of anilines is 1. The number of carbonyl (C=O) groups excluding carboxylic acids is 5. The number of aromatic nitrogens is 2. The Morgan fingerprint density at radius 2 is 1.67 bits per heavy atom. The lowest BCUT2D eigenvalue weighted by atomic mass is 9.84. The average Bonchev–Trinajstić information content (AvgIpc) is 3.70. The minimum absolute atomic E-state index is 0.184. The molecule has 4 N–H and O–H groups in total. The summed E-state index contributed by atoms with van der Waals surface area (Å²) in [6.45, 7) is 8.70. The van der Waals surface area contributed by atoms with Crippen LogP contribution in [-0.4, -0.2) is 81.5 Å². The van der Waals surface area contributed by atoms with Crippen molar-refractivity contribution in [1.82, 2.24) is 25.5 Å². The predicted octanol–water partition coefficient (Wildman–Crippen LogP) is 4.40. The smallest absolute Gasteiger partial charge is 0.408 e. The van der Waals surface area contributed by atoms with Crippen LogP contribution >= 0.6 is 0 Å². The summed E-state index contributed by atoms with van der Waals surface area (Å²) in [6.07, 6.45) is 7.54. The monoisotopic (exact) mass is 666 g/mol. The summed E-state index contributed by atoms with van der Waals surface area (Å²) >= 11 is 0. The van der Waals surface area contributed by atoms with E-state index in [1.54, 1.807) is 34.6 Å². The van der Waals surface area contributed by atoms with Crippen molar-refractivity contribution >= 4 is 35.6 Å². The largest absolute Gasteiger partial charge is 0.467 e. The van der Waals surface area contributed by atoms with Gasteiger partial charge in [-0.15, -0.1) is 0 Å². The van der Waals surface area contributed by atoms with E-state index < -0.39 is 53.0 Å². The molecule has 3 atom stereocenters. The summed E-state index contributed by atoms with van der Waals surface area (Å²) in [4.78, 5) is 75.4. The summed E-state index contributed by atoms with van der Waals surface area (Å²) in [5.74, 6) is -1.90. The van der Waals surface area contributed by atoms with Crippen molar-refractivity contribution in [3.63, 3.8) is 0 Å². The lowest BCUT2D eigenvalue weighted by Crippen LogP contribution is -2.59. The summed E-state index contributed by atoms with van der Waals surface area (Å²) < 4.78 is 10.3. The Bertz CT molecular complexity index is 1440. The van der Waals surface area contributed by atoms with Gasteiger partial charge in [-0.2, -0.15) is 0 Å². The molecule has 1 aromatic heterocycles. The minimum Gasteiger partial charge on any atom is -0.467 e. The fourth-order valence-corrected chi connectivity index (χ4v) is 6.34. The number of hydrogen-bond acceptors (Lipinski definition) is 8. The van der Waals surface area contributed by atoms with E-state index in [0.29, 0.717) is 37.2 Å². The zero-order chi connectivity index (χ0) is 35.1. The second kappa shape index (κ2) is 15.7. The van der Waals surface area contributed by atoms with Crippen LogP contribution in [0.15, 0.2) is 36.5 Å². The first-order valence-electron chi connectivity index (χ1n) is 16.8. The van der Waals surface area contributed by atoms with Crippen LogP contribution in [-0.2, 0) is 28.7 Å². The molecule has 4 amide bonds. The number of ether oxygens (including phenoxy) is 2. The Kier molecular flexibility index (Phi) is 11.9. The number of nitrogens with one attached hydrogen (secondary N) is 4. The molecule has 2 heterocycles. The predicted molar refractivity (Wildman–Crippen MR) is 179 cm³/mol. The number of aromatic amines is 1. The molecular weight excluding hydrogens is 616 g/mol. The summed E-state index contributed by atoms with van der Waals surface area (Å²) in [6, 6.07) is 7.53. The van der Waals surface area contributed by atoms with E-state index in [0.717, 1.165) is 32.1 Å². The standard InChI is InChI=1S/C35H50N6O7/c1-34(2,3)48-33(46)40-35(4,5)32(45)37-24(20-22-14-9-7-10-15-22)29(42)39-26-21-36-28(38-26)27(23-16-11-8-12-17-23)30(43)41-19-13-18-25(41)31(44)47-6/h8,11-12,16-17,21-22,24-25,27H,7,9-10,13-15,18-20H2,1-6H3,(H,36,38)(H,37,45)(H,39,42)(H,40,46)/t24-,25+,27?/m1/s1. The van der Waals surface area contributed by atoms with Gasteiger partial charge in [0.25, 0.3) is 0 Å². The van der Waals surface area contributed by atoms with Gasteiger partial charge in [0.1, 0.15) is 35.0 Å². The third-order valence-electron chi connectivity index (χ3n) is 8.81. The van der Waals surface area contributed by atoms with Gasteiger partial charge in [0, 0.05) is 12.7 Å².